The molecule has 6 heteroatoms. The highest BCUT2D eigenvalue weighted by Gasteiger charge is 2.19. The van der Waals surface area contributed by atoms with Gasteiger partial charge in [-0.1, -0.05) is 27.7 Å². The molecule has 0 unspecified atom stereocenters. The highest BCUT2D eigenvalue weighted by Crippen LogP contribution is 1.96. The molecule has 0 aromatic rings. The van der Waals surface area contributed by atoms with Crippen LogP contribution in [-0.4, -0.2) is 78.9 Å². The Balaban J connectivity index is 4.49. The third-order valence-electron chi connectivity index (χ3n) is 3.66. The predicted molar refractivity (Wildman–Crippen MR) is 81.4 cm³/mol. The summed E-state index contributed by atoms with van der Waals surface area (Å²) < 4.78 is 0. The van der Waals surface area contributed by atoms with Crippen LogP contribution in [-0.2, 0) is 9.59 Å². The van der Waals surface area contributed by atoms with E-state index in [9.17, 15) is 9.59 Å². The first-order valence-electron chi connectivity index (χ1n) is 7.53. The lowest BCUT2D eigenvalue weighted by Gasteiger charge is -2.28. The highest BCUT2D eigenvalue weighted by molar-refractivity contribution is 6.34. The van der Waals surface area contributed by atoms with Gasteiger partial charge in [0.15, 0.2) is 0 Å². The zero-order valence-electron chi connectivity index (χ0n) is 13.4. The van der Waals surface area contributed by atoms with Crippen LogP contribution < -0.4 is 5.73 Å². The van der Waals surface area contributed by atoms with E-state index < -0.39 is 11.8 Å². The molecular formula is C14H30N4O2. The first kappa shape index (κ1) is 18.9. The van der Waals surface area contributed by atoms with Crippen LogP contribution in [0.1, 0.15) is 27.7 Å². The van der Waals surface area contributed by atoms with Gasteiger partial charge in [0.05, 0.1) is 0 Å². The fourth-order valence-electron chi connectivity index (χ4n) is 2.07. The fraction of sp³-hybridized carbons (Fsp3) is 0.857. The van der Waals surface area contributed by atoms with Crippen molar-refractivity contribution in [2.75, 3.05) is 52.4 Å². The summed E-state index contributed by atoms with van der Waals surface area (Å²) in [6.07, 6.45) is 0. The molecule has 0 heterocycles. The number of carbonyl (C=O) groups excluding carboxylic acids is 2. The van der Waals surface area contributed by atoms with Gasteiger partial charge in [0.25, 0.3) is 0 Å². The summed E-state index contributed by atoms with van der Waals surface area (Å²) in [6, 6.07) is 0. The second-order valence-electron chi connectivity index (χ2n) is 4.71. The minimum absolute atomic E-state index is 0.546. The summed E-state index contributed by atoms with van der Waals surface area (Å²) in [5.41, 5.74) is 5.12. The summed E-state index contributed by atoms with van der Waals surface area (Å²) in [5, 5.41) is 0. The maximum absolute atomic E-state index is 11.8. The molecule has 0 aromatic heterocycles. The molecule has 0 fully saturated rings. The summed E-state index contributed by atoms with van der Waals surface area (Å²) in [4.78, 5) is 29.0. The smallest absolute Gasteiger partial charge is 0.311 e. The molecule has 0 radical (unpaired) electrons. The lowest BCUT2D eigenvalue weighted by Crippen LogP contribution is -2.47. The van der Waals surface area contributed by atoms with Gasteiger partial charge in [0.1, 0.15) is 0 Å². The van der Waals surface area contributed by atoms with Crippen molar-refractivity contribution in [2.45, 2.75) is 27.7 Å². The molecule has 2 N–H and O–H groups in total. The van der Waals surface area contributed by atoms with E-state index >= 15 is 0 Å². The van der Waals surface area contributed by atoms with Crippen LogP contribution in [0, 0.1) is 0 Å². The molecule has 0 aliphatic carbocycles. The Morgan fingerprint density at radius 2 is 1.10 bits per heavy atom. The normalized spacial score (nSPS) is 11.1. The average molecular weight is 286 g/mol. The molecule has 20 heavy (non-hydrogen) atoms. The van der Waals surface area contributed by atoms with Crippen molar-refractivity contribution in [3.05, 3.63) is 0 Å². The van der Waals surface area contributed by atoms with Gasteiger partial charge in [-0.2, -0.15) is 0 Å². The molecule has 0 saturated heterocycles. The van der Waals surface area contributed by atoms with Crippen molar-refractivity contribution in [2.24, 2.45) is 5.73 Å². The molecule has 0 aliphatic heterocycles. The Hall–Kier alpha value is -1.14. The predicted octanol–water partition coefficient (Wildman–Crippen LogP) is -0.0161. The minimum Gasteiger partial charge on any atom is -0.361 e. The van der Waals surface area contributed by atoms with Gasteiger partial charge >= 0.3 is 11.8 Å². The van der Waals surface area contributed by atoms with E-state index in [0.717, 1.165) is 39.3 Å². The molecule has 0 saturated carbocycles. The third kappa shape index (κ3) is 6.86. The number of hydrogen-bond donors (Lipinski definition) is 1. The van der Waals surface area contributed by atoms with Crippen LogP contribution in [0.3, 0.4) is 0 Å². The maximum atomic E-state index is 11.8. The molecule has 0 rings (SSSR count). The van der Waals surface area contributed by atoms with Crippen LogP contribution in [0.5, 0.6) is 0 Å². The Kier molecular flexibility index (Phi) is 10.0. The van der Waals surface area contributed by atoms with Crippen LogP contribution >= 0.6 is 0 Å². The summed E-state index contributed by atoms with van der Waals surface area (Å²) in [7, 11) is 0. The van der Waals surface area contributed by atoms with Gasteiger partial charge in [-0.05, 0) is 26.2 Å². The molecule has 0 aliphatic rings. The van der Waals surface area contributed by atoms with Crippen molar-refractivity contribution in [1.29, 1.82) is 0 Å². The largest absolute Gasteiger partial charge is 0.361 e. The highest BCUT2D eigenvalue weighted by atomic mass is 16.2. The Bertz CT molecular complexity index is 273. The number of carbonyl (C=O) groups is 2. The first-order chi connectivity index (χ1) is 9.49. The van der Waals surface area contributed by atoms with Gasteiger partial charge < -0.3 is 20.4 Å². The third-order valence-corrected chi connectivity index (χ3v) is 3.66. The molecule has 0 bridgehead atoms. The molecule has 0 atom stereocenters. The molecular weight excluding hydrogens is 256 g/mol. The summed E-state index contributed by atoms with van der Waals surface area (Å²) in [6.45, 7) is 14.7. The van der Waals surface area contributed by atoms with E-state index in [-0.39, 0.29) is 0 Å². The lowest BCUT2D eigenvalue weighted by atomic mass is 10.3. The van der Waals surface area contributed by atoms with Crippen LogP contribution in [0.15, 0.2) is 0 Å². The van der Waals surface area contributed by atoms with E-state index in [0.29, 0.717) is 13.1 Å². The minimum atomic E-state index is -0.871. The van der Waals surface area contributed by atoms with E-state index in [2.05, 4.69) is 37.5 Å². The van der Waals surface area contributed by atoms with Crippen molar-refractivity contribution >= 4 is 11.8 Å². The van der Waals surface area contributed by atoms with E-state index in [4.69, 9.17) is 5.73 Å². The molecule has 0 spiro atoms. The van der Waals surface area contributed by atoms with Crippen molar-refractivity contribution in [3.8, 4) is 0 Å². The number of nitrogens with two attached hydrogens (primary N) is 1. The number of likely N-dealkylation sites (N-methyl/N-ethyl adjacent to an activating group) is 2. The van der Waals surface area contributed by atoms with Crippen LogP contribution in [0.4, 0.5) is 0 Å². The average Bonchev–Trinajstić information content (AvgIpc) is 2.46. The van der Waals surface area contributed by atoms with Crippen LogP contribution in [0.25, 0.3) is 0 Å². The summed E-state index contributed by atoms with van der Waals surface area (Å²) in [5.74, 6) is -1.45. The number of primary amides is 1. The van der Waals surface area contributed by atoms with Crippen molar-refractivity contribution in [1.82, 2.24) is 14.7 Å². The Labute approximate surface area is 122 Å². The SMILES string of the molecule is CCN(CC)CCN(CCN(CC)CC)C(=O)C(N)=O. The second-order valence-corrected chi connectivity index (χ2v) is 4.71. The number of nitrogens with zero attached hydrogens (tertiary/aromatic N) is 3. The molecule has 2 amide bonds. The van der Waals surface area contributed by atoms with E-state index in [1.54, 1.807) is 4.90 Å². The van der Waals surface area contributed by atoms with Crippen molar-refractivity contribution < 1.29 is 9.59 Å². The molecule has 0 aromatic carbocycles. The molecule has 6 nitrogen and oxygen atoms in total. The quantitative estimate of drug-likeness (QED) is 0.573. The van der Waals surface area contributed by atoms with Gasteiger partial charge in [-0.3, -0.25) is 9.59 Å². The van der Waals surface area contributed by atoms with Crippen LogP contribution in [0.2, 0.25) is 0 Å². The molecule has 118 valence electrons. The number of rotatable bonds is 10. The Morgan fingerprint density at radius 3 is 1.35 bits per heavy atom. The van der Waals surface area contributed by atoms with Gasteiger partial charge in [0.2, 0.25) is 0 Å². The second kappa shape index (κ2) is 10.6. The summed E-state index contributed by atoms with van der Waals surface area (Å²) >= 11 is 0. The number of hydrogen-bond acceptors (Lipinski definition) is 4. The topological polar surface area (TPSA) is 69.9 Å². The lowest BCUT2D eigenvalue weighted by molar-refractivity contribution is -0.144. The zero-order valence-corrected chi connectivity index (χ0v) is 13.4. The standard InChI is InChI=1S/C14H30N4O2/c1-5-16(6-2)9-11-18(14(20)13(15)19)12-10-17(7-3)8-4/h5-12H2,1-4H3,(H2,15,19). The van der Waals surface area contributed by atoms with Gasteiger partial charge in [0, 0.05) is 26.2 Å². The zero-order chi connectivity index (χ0) is 15.5. The monoisotopic (exact) mass is 286 g/mol. The van der Waals surface area contributed by atoms with Crippen molar-refractivity contribution in [3.63, 3.8) is 0 Å². The fourth-order valence-corrected chi connectivity index (χ4v) is 2.07. The van der Waals surface area contributed by atoms with E-state index in [1.165, 1.54) is 0 Å². The van der Waals surface area contributed by atoms with E-state index in [1.807, 2.05) is 0 Å². The van der Waals surface area contributed by atoms with Gasteiger partial charge in [-0.25, -0.2) is 0 Å². The maximum Gasteiger partial charge on any atom is 0.311 e. The van der Waals surface area contributed by atoms with Gasteiger partial charge in [-0.15, -0.1) is 0 Å². The first-order valence-corrected chi connectivity index (χ1v) is 7.53. The Morgan fingerprint density at radius 1 is 0.750 bits per heavy atom. The number of amides is 2.